The van der Waals surface area contributed by atoms with Gasteiger partial charge in [-0.2, -0.15) is 0 Å². The predicted octanol–water partition coefficient (Wildman–Crippen LogP) is 2.78. The summed E-state index contributed by atoms with van der Waals surface area (Å²) in [5, 5.41) is 2.92. The third-order valence-corrected chi connectivity index (χ3v) is 6.30. The second-order valence-electron chi connectivity index (χ2n) is 6.95. The quantitative estimate of drug-likeness (QED) is 0.775. The summed E-state index contributed by atoms with van der Waals surface area (Å²) in [5.74, 6) is -0.212. The molecule has 0 atom stereocenters. The van der Waals surface area contributed by atoms with Crippen LogP contribution in [0.1, 0.15) is 35.3 Å². The molecule has 2 aromatic rings. The molecule has 0 bridgehead atoms. The molecule has 1 heterocycles. The Kier molecular flexibility index (Phi) is 5.93. The van der Waals surface area contributed by atoms with Crippen LogP contribution in [0.2, 0.25) is 0 Å². The second kappa shape index (κ2) is 8.22. The molecule has 7 heteroatoms. The SMILES string of the molecule is CCN(CC)c1ccc(CNC(=O)c2ccc3c(c2)N(S(C)(=O)=O)CC3)cc1. The highest BCUT2D eigenvalue weighted by atomic mass is 32.2. The zero-order valence-electron chi connectivity index (χ0n) is 16.6. The predicted molar refractivity (Wildman–Crippen MR) is 114 cm³/mol. The smallest absolute Gasteiger partial charge is 0.251 e. The summed E-state index contributed by atoms with van der Waals surface area (Å²) in [6.07, 6.45) is 1.86. The minimum atomic E-state index is -3.33. The number of anilines is 2. The van der Waals surface area contributed by atoms with E-state index in [1.54, 1.807) is 12.1 Å². The molecule has 1 N–H and O–H groups in total. The molecule has 0 unspecified atom stereocenters. The molecular formula is C21H27N3O3S. The molecule has 28 heavy (non-hydrogen) atoms. The molecule has 150 valence electrons. The Hall–Kier alpha value is -2.54. The number of amides is 1. The molecule has 0 spiro atoms. The van der Waals surface area contributed by atoms with E-state index in [-0.39, 0.29) is 5.91 Å². The highest BCUT2D eigenvalue weighted by Gasteiger charge is 2.26. The van der Waals surface area contributed by atoms with E-state index >= 15 is 0 Å². The van der Waals surface area contributed by atoms with E-state index in [1.807, 2.05) is 18.2 Å². The second-order valence-corrected chi connectivity index (χ2v) is 8.86. The van der Waals surface area contributed by atoms with E-state index in [2.05, 4.69) is 36.2 Å². The van der Waals surface area contributed by atoms with Crippen LogP contribution in [0.5, 0.6) is 0 Å². The maximum absolute atomic E-state index is 12.6. The Morgan fingerprint density at radius 1 is 1.11 bits per heavy atom. The average molecular weight is 402 g/mol. The van der Waals surface area contributed by atoms with E-state index in [0.29, 0.717) is 30.8 Å². The van der Waals surface area contributed by atoms with Gasteiger partial charge in [-0.1, -0.05) is 18.2 Å². The molecule has 0 fully saturated rings. The van der Waals surface area contributed by atoms with Crippen molar-refractivity contribution in [3.05, 3.63) is 59.2 Å². The number of fused-ring (bicyclic) bond motifs is 1. The molecule has 3 rings (SSSR count). The summed E-state index contributed by atoms with van der Waals surface area (Å²) in [5.41, 5.74) is 4.21. The van der Waals surface area contributed by atoms with Gasteiger partial charge in [0.1, 0.15) is 0 Å². The van der Waals surface area contributed by atoms with Crippen LogP contribution < -0.4 is 14.5 Å². The van der Waals surface area contributed by atoms with E-state index < -0.39 is 10.0 Å². The van der Waals surface area contributed by atoms with Crippen LogP contribution in [-0.2, 0) is 23.0 Å². The zero-order valence-corrected chi connectivity index (χ0v) is 17.4. The van der Waals surface area contributed by atoms with Crippen LogP contribution in [0, 0.1) is 0 Å². The fourth-order valence-corrected chi connectivity index (χ4v) is 4.48. The number of hydrogen-bond acceptors (Lipinski definition) is 4. The van der Waals surface area contributed by atoms with Gasteiger partial charge in [-0.15, -0.1) is 0 Å². The molecular weight excluding hydrogens is 374 g/mol. The van der Waals surface area contributed by atoms with Gasteiger partial charge < -0.3 is 10.2 Å². The Morgan fingerprint density at radius 3 is 2.39 bits per heavy atom. The van der Waals surface area contributed by atoms with E-state index in [0.717, 1.165) is 24.2 Å². The summed E-state index contributed by atoms with van der Waals surface area (Å²) < 4.78 is 25.2. The number of carbonyl (C=O) groups is 1. The van der Waals surface area contributed by atoms with Crippen molar-refractivity contribution in [2.45, 2.75) is 26.8 Å². The summed E-state index contributed by atoms with van der Waals surface area (Å²) >= 11 is 0. The molecule has 0 radical (unpaired) electrons. The van der Waals surface area contributed by atoms with Gasteiger partial charge in [0, 0.05) is 37.4 Å². The van der Waals surface area contributed by atoms with Gasteiger partial charge in [0.05, 0.1) is 11.9 Å². The lowest BCUT2D eigenvalue weighted by Crippen LogP contribution is -2.28. The first-order valence-corrected chi connectivity index (χ1v) is 11.4. The fourth-order valence-electron chi connectivity index (χ4n) is 3.53. The molecule has 1 aliphatic rings. The molecule has 0 saturated heterocycles. The summed E-state index contributed by atoms with van der Waals surface area (Å²) in [6, 6.07) is 13.4. The fraction of sp³-hybridized carbons (Fsp3) is 0.381. The maximum Gasteiger partial charge on any atom is 0.251 e. The van der Waals surface area contributed by atoms with Crippen LogP contribution in [-0.4, -0.2) is 40.2 Å². The number of hydrogen-bond donors (Lipinski definition) is 1. The van der Waals surface area contributed by atoms with Crippen molar-refractivity contribution < 1.29 is 13.2 Å². The topological polar surface area (TPSA) is 69.7 Å². The Morgan fingerprint density at radius 2 is 1.79 bits per heavy atom. The van der Waals surface area contributed by atoms with Crippen molar-refractivity contribution in [3.63, 3.8) is 0 Å². The molecule has 1 aliphatic heterocycles. The van der Waals surface area contributed by atoms with E-state index in [9.17, 15) is 13.2 Å². The van der Waals surface area contributed by atoms with Crippen LogP contribution in [0.3, 0.4) is 0 Å². The first kappa shape index (κ1) is 20.2. The number of carbonyl (C=O) groups excluding carboxylic acids is 1. The zero-order chi connectivity index (χ0) is 20.3. The number of rotatable bonds is 7. The standard InChI is InChI=1S/C21H27N3O3S/c1-4-23(5-2)19-10-6-16(7-11-19)15-22-21(25)18-9-8-17-12-13-24(20(17)14-18)28(3,26)27/h6-11,14H,4-5,12-13,15H2,1-3H3,(H,22,25). The molecule has 0 aliphatic carbocycles. The maximum atomic E-state index is 12.6. The monoisotopic (exact) mass is 401 g/mol. The molecule has 0 aromatic heterocycles. The lowest BCUT2D eigenvalue weighted by molar-refractivity contribution is 0.0951. The van der Waals surface area contributed by atoms with Crippen LogP contribution >= 0.6 is 0 Å². The minimum Gasteiger partial charge on any atom is -0.372 e. The number of benzene rings is 2. The van der Waals surface area contributed by atoms with Gasteiger partial charge in [0.2, 0.25) is 10.0 Å². The van der Waals surface area contributed by atoms with Crippen molar-refractivity contribution in [2.75, 3.05) is 35.1 Å². The van der Waals surface area contributed by atoms with Crippen molar-refractivity contribution in [2.24, 2.45) is 0 Å². The normalized spacial score (nSPS) is 13.3. The first-order valence-electron chi connectivity index (χ1n) is 9.56. The lowest BCUT2D eigenvalue weighted by atomic mass is 10.1. The van der Waals surface area contributed by atoms with Gasteiger partial charge in [0.15, 0.2) is 0 Å². The lowest BCUT2D eigenvalue weighted by Gasteiger charge is -2.21. The van der Waals surface area contributed by atoms with Gasteiger partial charge >= 0.3 is 0 Å². The average Bonchev–Trinajstić information content (AvgIpc) is 3.11. The summed E-state index contributed by atoms with van der Waals surface area (Å²) in [4.78, 5) is 14.8. The Bertz CT molecular complexity index is 951. The summed E-state index contributed by atoms with van der Waals surface area (Å²) in [7, 11) is -3.33. The van der Waals surface area contributed by atoms with Gasteiger partial charge in [-0.05, 0) is 55.7 Å². The molecule has 6 nitrogen and oxygen atoms in total. The summed E-state index contributed by atoms with van der Waals surface area (Å²) in [6.45, 7) is 7.01. The van der Waals surface area contributed by atoms with Crippen molar-refractivity contribution >= 4 is 27.3 Å². The largest absolute Gasteiger partial charge is 0.372 e. The number of nitrogens with zero attached hydrogens (tertiary/aromatic N) is 2. The molecule has 1 amide bonds. The van der Waals surface area contributed by atoms with Crippen LogP contribution in [0.25, 0.3) is 0 Å². The highest BCUT2D eigenvalue weighted by Crippen LogP contribution is 2.30. The van der Waals surface area contributed by atoms with Crippen LogP contribution in [0.4, 0.5) is 11.4 Å². The van der Waals surface area contributed by atoms with Crippen LogP contribution in [0.15, 0.2) is 42.5 Å². The Labute approximate surface area is 167 Å². The van der Waals surface area contributed by atoms with Crippen molar-refractivity contribution in [3.8, 4) is 0 Å². The third kappa shape index (κ3) is 4.30. The Balaban J connectivity index is 1.68. The number of nitrogens with one attached hydrogen (secondary N) is 1. The van der Waals surface area contributed by atoms with E-state index in [1.165, 1.54) is 16.2 Å². The molecule has 0 saturated carbocycles. The van der Waals surface area contributed by atoms with Gasteiger partial charge in [0.25, 0.3) is 5.91 Å². The van der Waals surface area contributed by atoms with Crippen molar-refractivity contribution in [1.82, 2.24) is 5.32 Å². The van der Waals surface area contributed by atoms with E-state index in [4.69, 9.17) is 0 Å². The molecule has 2 aromatic carbocycles. The third-order valence-electron chi connectivity index (χ3n) is 5.12. The van der Waals surface area contributed by atoms with Gasteiger partial charge in [-0.3, -0.25) is 9.10 Å². The number of sulfonamides is 1. The van der Waals surface area contributed by atoms with Gasteiger partial charge in [-0.25, -0.2) is 8.42 Å². The van der Waals surface area contributed by atoms with Crippen molar-refractivity contribution in [1.29, 1.82) is 0 Å². The highest BCUT2D eigenvalue weighted by molar-refractivity contribution is 7.92. The first-order chi connectivity index (χ1) is 13.3. The minimum absolute atomic E-state index is 0.212.